The molecule has 106 valence electrons. The molecule has 0 aliphatic heterocycles. The summed E-state index contributed by atoms with van der Waals surface area (Å²) < 4.78 is 5.72. The second-order valence-corrected chi connectivity index (χ2v) is 5.01. The Balaban J connectivity index is 0. The van der Waals surface area contributed by atoms with E-state index in [2.05, 4.69) is 31.3 Å². The molecule has 4 heteroatoms. The van der Waals surface area contributed by atoms with Crippen LogP contribution in [0.25, 0.3) is 10.8 Å². The quantitative estimate of drug-likeness (QED) is 0.805. The molecule has 0 aromatic heterocycles. The van der Waals surface area contributed by atoms with Crippen molar-refractivity contribution < 1.29 is 12.7 Å². The van der Waals surface area contributed by atoms with Gasteiger partial charge in [-0.15, -0.1) is 0 Å². The van der Waals surface area contributed by atoms with Crippen LogP contribution >= 0.6 is 0 Å². The van der Waals surface area contributed by atoms with Gasteiger partial charge in [-0.1, -0.05) is 50.2 Å². The molecule has 2 rings (SSSR count). The van der Waals surface area contributed by atoms with E-state index in [4.69, 9.17) is 4.74 Å². The van der Waals surface area contributed by atoms with Gasteiger partial charge in [0.15, 0.2) is 0 Å². The fourth-order valence-corrected chi connectivity index (χ4v) is 1.94. The van der Waals surface area contributed by atoms with Crippen LogP contribution in [0.15, 0.2) is 42.5 Å². The Kier molecular flexibility index (Phi) is 7.85. The molecule has 2 aromatic carbocycles. The van der Waals surface area contributed by atoms with Gasteiger partial charge in [-0.05, 0) is 11.5 Å². The van der Waals surface area contributed by atoms with Gasteiger partial charge < -0.3 is 18.0 Å². The molecule has 0 aliphatic rings. The molecular formula is C16H23CaNO2. The molecule has 0 saturated carbocycles. The maximum absolute atomic E-state index is 9.84. The van der Waals surface area contributed by atoms with Gasteiger partial charge in [0.05, 0.1) is 0 Å². The van der Waals surface area contributed by atoms with Crippen LogP contribution in [0.2, 0.25) is 0 Å². The molecule has 0 bridgehead atoms. The predicted molar refractivity (Wildman–Crippen MR) is 86.6 cm³/mol. The molecular weight excluding hydrogens is 278 g/mol. The third kappa shape index (κ3) is 5.23. The first-order chi connectivity index (χ1) is 9.16. The molecule has 0 radical (unpaired) electrons. The predicted octanol–water partition coefficient (Wildman–Crippen LogP) is 2.42. The molecule has 20 heavy (non-hydrogen) atoms. The first kappa shape index (κ1) is 17.7. The van der Waals surface area contributed by atoms with Crippen LogP contribution in [-0.2, 0) is 0 Å². The molecule has 1 atom stereocenters. The van der Waals surface area contributed by atoms with Crippen LogP contribution in [-0.4, -0.2) is 68.1 Å². The number of ether oxygens (including phenoxy) is 1. The summed E-state index contributed by atoms with van der Waals surface area (Å²) in [6, 6.07) is 14.4. The van der Waals surface area contributed by atoms with E-state index in [-0.39, 0.29) is 40.6 Å². The third-order valence-electron chi connectivity index (χ3n) is 2.94. The Morgan fingerprint density at radius 3 is 2.60 bits per heavy atom. The second-order valence-electron chi connectivity index (χ2n) is 5.01. The van der Waals surface area contributed by atoms with E-state index in [1.165, 1.54) is 0 Å². The Morgan fingerprint density at radius 1 is 1.15 bits per heavy atom. The van der Waals surface area contributed by atoms with Gasteiger partial charge in [0.25, 0.3) is 0 Å². The Morgan fingerprint density at radius 2 is 1.85 bits per heavy atom. The second kappa shape index (κ2) is 8.85. The summed E-state index contributed by atoms with van der Waals surface area (Å²) in [7, 11) is 0. The van der Waals surface area contributed by atoms with Crippen molar-refractivity contribution in [3.8, 4) is 5.75 Å². The number of benzene rings is 2. The summed E-state index contributed by atoms with van der Waals surface area (Å²) in [5, 5.41) is 15.3. The molecule has 2 aromatic rings. The van der Waals surface area contributed by atoms with E-state index in [9.17, 15) is 5.11 Å². The summed E-state index contributed by atoms with van der Waals surface area (Å²) in [4.78, 5) is 0. The Labute approximate surface area is 153 Å². The van der Waals surface area contributed by atoms with Crippen molar-refractivity contribution in [2.24, 2.45) is 0 Å². The van der Waals surface area contributed by atoms with Crippen LogP contribution in [0, 0.1) is 0 Å². The molecule has 3 nitrogen and oxygen atoms in total. The zero-order chi connectivity index (χ0) is 13.7. The number of nitrogens with one attached hydrogen (secondary N) is 1. The summed E-state index contributed by atoms with van der Waals surface area (Å²) in [6.45, 7) is 4.95. The summed E-state index contributed by atoms with van der Waals surface area (Å²) in [6.07, 6.45) is -0.499. The summed E-state index contributed by atoms with van der Waals surface area (Å²) >= 11 is 0. The van der Waals surface area contributed by atoms with Crippen LogP contribution in [0.4, 0.5) is 0 Å². The van der Waals surface area contributed by atoms with E-state index in [1.807, 2.05) is 30.3 Å². The molecule has 0 aliphatic carbocycles. The largest absolute Gasteiger partial charge is 2.00 e. The maximum Gasteiger partial charge on any atom is 2.00 e. The third-order valence-corrected chi connectivity index (χ3v) is 2.94. The van der Waals surface area contributed by atoms with E-state index in [1.54, 1.807) is 0 Å². The molecule has 1 unspecified atom stereocenters. The van der Waals surface area contributed by atoms with Crippen molar-refractivity contribution in [2.45, 2.75) is 26.0 Å². The topological polar surface area (TPSA) is 41.5 Å². The fourth-order valence-electron chi connectivity index (χ4n) is 1.94. The fraction of sp³-hybridized carbons (Fsp3) is 0.375. The minimum absolute atomic E-state index is 0. The van der Waals surface area contributed by atoms with Crippen molar-refractivity contribution >= 4 is 48.5 Å². The van der Waals surface area contributed by atoms with E-state index in [0.717, 1.165) is 16.5 Å². The van der Waals surface area contributed by atoms with Crippen LogP contribution in [0.3, 0.4) is 0 Å². The van der Waals surface area contributed by atoms with Crippen LogP contribution < -0.4 is 10.1 Å². The van der Waals surface area contributed by atoms with Gasteiger partial charge in [-0.2, -0.15) is 0 Å². The minimum Gasteiger partial charge on any atom is -1.00 e. The van der Waals surface area contributed by atoms with Crippen LogP contribution in [0.1, 0.15) is 16.7 Å². The number of fused-ring (bicyclic) bond motifs is 1. The van der Waals surface area contributed by atoms with E-state index < -0.39 is 6.10 Å². The summed E-state index contributed by atoms with van der Waals surface area (Å²) in [5.41, 5.74) is 0. The van der Waals surface area contributed by atoms with Crippen molar-refractivity contribution in [1.82, 2.24) is 5.32 Å². The van der Waals surface area contributed by atoms with Crippen molar-refractivity contribution in [3.63, 3.8) is 0 Å². The van der Waals surface area contributed by atoms with Gasteiger partial charge >= 0.3 is 37.7 Å². The number of aliphatic hydroxyl groups is 1. The smallest absolute Gasteiger partial charge is 1.00 e. The molecule has 2 N–H and O–H groups in total. The number of hydrogen-bond donors (Lipinski definition) is 2. The van der Waals surface area contributed by atoms with Crippen molar-refractivity contribution in [3.05, 3.63) is 42.5 Å². The molecule has 0 fully saturated rings. The Hall–Kier alpha value is -0.320. The zero-order valence-corrected chi connectivity index (χ0v) is 14.4. The standard InChI is InChI=1S/C16H21NO2.Ca.2H/c1-12(2)17-10-14(18)11-19-16-9-5-7-13-6-3-4-8-15(13)16;;;/h3-9,12,14,17-18H,10-11H2,1-2H3;;;/q;+2;2*-1. The molecule has 0 saturated heterocycles. The number of hydrogen-bond acceptors (Lipinski definition) is 3. The van der Waals surface area contributed by atoms with Gasteiger partial charge in [0.2, 0.25) is 0 Å². The Bertz CT molecular complexity index is 535. The number of rotatable bonds is 6. The van der Waals surface area contributed by atoms with Crippen LogP contribution in [0.5, 0.6) is 5.75 Å². The molecule has 0 spiro atoms. The first-order valence-corrected chi connectivity index (χ1v) is 6.69. The van der Waals surface area contributed by atoms with Crippen molar-refractivity contribution in [2.75, 3.05) is 13.2 Å². The minimum atomic E-state index is -0.499. The average molecular weight is 301 g/mol. The number of aliphatic hydroxyl groups excluding tert-OH is 1. The molecule has 0 amide bonds. The zero-order valence-electron chi connectivity index (χ0n) is 14.2. The molecule has 0 heterocycles. The maximum atomic E-state index is 9.84. The van der Waals surface area contributed by atoms with E-state index >= 15 is 0 Å². The average Bonchev–Trinajstić information content (AvgIpc) is 2.42. The first-order valence-electron chi connectivity index (χ1n) is 6.69. The van der Waals surface area contributed by atoms with Crippen molar-refractivity contribution in [1.29, 1.82) is 0 Å². The van der Waals surface area contributed by atoms with Gasteiger partial charge in [0.1, 0.15) is 18.5 Å². The van der Waals surface area contributed by atoms with Gasteiger partial charge in [0, 0.05) is 18.0 Å². The summed E-state index contributed by atoms with van der Waals surface area (Å²) in [5.74, 6) is 0.821. The monoisotopic (exact) mass is 301 g/mol. The normalized spacial score (nSPS) is 12.2. The SMILES string of the molecule is CC(C)NCC(O)COc1cccc2ccccc12.[Ca+2].[H-].[H-]. The van der Waals surface area contributed by atoms with E-state index in [0.29, 0.717) is 19.2 Å². The van der Waals surface area contributed by atoms with Gasteiger partial charge in [-0.25, -0.2) is 0 Å². The van der Waals surface area contributed by atoms with Gasteiger partial charge in [-0.3, -0.25) is 0 Å².